The molecule has 0 fully saturated rings. The van der Waals surface area contributed by atoms with Gasteiger partial charge in [0.1, 0.15) is 11.2 Å². The quantitative estimate of drug-likeness (QED) is 0.176. The van der Waals surface area contributed by atoms with Crippen LogP contribution in [0.4, 0.5) is 17.1 Å². The molecular formula is C50H33NO. The summed E-state index contributed by atoms with van der Waals surface area (Å²) in [6.07, 6.45) is 0. The van der Waals surface area contributed by atoms with Crippen molar-refractivity contribution in [2.45, 2.75) is 0 Å². The van der Waals surface area contributed by atoms with E-state index in [1.165, 1.54) is 44.0 Å². The fourth-order valence-corrected chi connectivity index (χ4v) is 7.75. The van der Waals surface area contributed by atoms with Crippen molar-refractivity contribution in [1.29, 1.82) is 0 Å². The van der Waals surface area contributed by atoms with Gasteiger partial charge >= 0.3 is 0 Å². The Morgan fingerprint density at radius 3 is 1.67 bits per heavy atom. The molecule has 0 saturated carbocycles. The summed E-state index contributed by atoms with van der Waals surface area (Å²) in [5.41, 5.74) is 12.3. The number of nitrogens with zero attached hydrogens (tertiary/aromatic N) is 1. The molecule has 0 aliphatic carbocycles. The van der Waals surface area contributed by atoms with Crippen molar-refractivity contribution in [3.8, 4) is 33.4 Å². The number of para-hydroxylation sites is 1. The molecule has 0 N–H and O–H groups in total. The Kier molecular flexibility index (Phi) is 7.18. The maximum atomic E-state index is 6.40. The maximum Gasteiger partial charge on any atom is 0.143 e. The van der Waals surface area contributed by atoms with Crippen LogP contribution in [0, 0.1) is 0 Å². The van der Waals surface area contributed by atoms with Gasteiger partial charge in [0.15, 0.2) is 0 Å². The standard InChI is InChI=1S/C50H33NO/c1-2-12-34(13-3-1)35-24-28-39(29-25-35)51(41-17-10-16-38(32-41)43-22-11-15-36-14-4-5-18-42(36)43)40-30-26-37(27-31-40)47-33-48-45-20-8-9-23-49(45)52-50(48)46-21-7-6-19-44(46)47/h1-33H. The first-order valence-corrected chi connectivity index (χ1v) is 17.8. The fraction of sp³-hybridized carbons (Fsp3) is 0. The van der Waals surface area contributed by atoms with Crippen molar-refractivity contribution in [1.82, 2.24) is 0 Å². The van der Waals surface area contributed by atoms with Gasteiger partial charge in [-0.3, -0.25) is 0 Å². The first-order chi connectivity index (χ1) is 25.8. The molecule has 244 valence electrons. The van der Waals surface area contributed by atoms with Crippen LogP contribution in [0.1, 0.15) is 0 Å². The topological polar surface area (TPSA) is 16.4 Å². The van der Waals surface area contributed by atoms with Crippen LogP contribution in [-0.4, -0.2) is 0 Å². The summed E-state index contributed by atoms with van der Waals surface area (Å²) in [6.45, 7) is 0. The van der Waals surface area contributed by atoms with Crippen molar-refractivity contribution < 1.29 is 4.42 Å². The smallest absolute Gasteiger partial charge is 0.143 e. The van der Waals surface area contributed by atoms with Crippen LogP contribution in [0.25, 0.3) is 76.9 Å². The molecule has 0 atom stereocenters. The molecule has 0 aliphatic rings. The van der Waals surface area contributed by atoms with E-state index in [2.05, 4.69) is 199 Å². The molecule has 0 radical (unpaired) electrons. The molecule has 0 spiro atoms. The van der Waals surface area contributed by atoms with E-state index >= 15 is 0 Å². The van der Waals surface area contributed by atoms with Gasteiger partial charge in [-0.05, 0) is 98.1 Å². The number of fused-ring (bicyclic) bond motifs is 6. The van der Waals surface area contributed by atoms with Crippen LogP contribution in [0.3, 0.4) is 0 Å². The normalized spacial score (nSPS) is 11.5. The van der Waals surface area contributed by atoms with Gasteiger partial charge in [0.05, 0.1) is 0 Å². The van der Waals surface area contributed by atoms with E-state index < -0.39 is 0 Å². The molecule has 1 aromatic heterocycles. The molecule has 52 heavy (non-hydrogen) atoms. The van der Waals surface area contributed by atoms with E-state index in [0.717, 1.165) is 50.0 Å². The summed E-state index contributed by atoms with van der Waals surface area (Å²) in [7, 11) is 0. The predicted octanol–water partition coefficient (Wildman–Crippen LogP) is 14.4. The third-order valence-corrected chi connectivity index (χ3v) is 10.3. The van der Waals surface area contributed by atoms with Gasteiger partial charge in [0, 0.05) is 33.2 Å². The van der Waals surface area contributed by atoms with Gasteiger partial charge in [-0.25, -0.2) is 0 Å². The summed E-state index contributed by atoms with van der Waals surface area (Å²) < 4.78 is 6.40. The van der Waals surface area contributed by atoms with Crippen LogP contribution >= 0.6 is 0 Å². The minimum Gasteiger partial charge on any atom is -0.455 e. The van der Waals surface area contributed by atoms with Gasteiger partial charge in [0.2, 0.25) is 0 Å². The van der Waals surface area contributed by atoms with E-state index in [0.29, 0.717) is 0 Å². The van der Waals surface area contributed by atoms with E-state index in [4.69, 9.17) is 4.42 Å². The summed E-state index contributed by atoms with van der Waals surface area (Å²) in [5.74, 6) is 0. The highest BCUT2D eigenvalue weighted by Gasteiger charge is 2.17. The maximum absolute atomic E-state index is 6.40. The third-order valence-electron chi connectivity index (χ3n) is 10.3. The molecule has 0 aliphatic heterocycles. The molecule has 0 amide bonds. The monoisotopic (exact) mass is 663 g/mol. The van der Waals surface area contributed by atoms with E-state index in [1.54, 1.807) is 0 Å². The van der Waals surface area contributed by atoms with Gasteiger partial charge < -0.3 is 9.32 Å². The van der Waals surface area contributed by atoms with Gasteiger partial charge in [-0.2, -0.15) is 0 Å². The second-order valence-corrected chi connectivity index (χ2v) is 13.3. The van der Waals surface area contributed by atoms with Crippen LogP contribution in [-0.2, 0) is 0 Å². The SMILES string of the molecule is c1ccc(-c2ccc(N(c3ccc(-c4cc5c6ccccc6oc5c5ccccc45)cc3)c3cccc(-c4cccc5ccccc45)c3)cc2)cc1. The third kappa shape index (κ3) is 5.12. The number of hydrogen-bond acceptors (Lipinski definition) is 2. The number of hydrogen-bond donors (Lipinski definition) is 0. The molecular weight excluding hydrogens is 631 g/mol. The zero-order valence-electron chi connectivity index (χ0n) is 28.4. The summed E-state index contributed by atoms with van der Waals surface area (Å²) >= 11 is 0. The lowest BCUT2D eigenvalue weighted by Crippen LogP contribution is -2.10. The molecule has 2 heteroatoms. The summed E-state index contributed by atoms with van der Waals surface area (Å²) in [4.78, 5) is 2.36. The molecule has 0 unspecified atom stereocenters. The van der Waals surface area contributed by atoms with Gasteiger partial charge in [-0.15, -0.1) is 0 Å². The summed E-state index contributed by atoms with van der Waals surface area (Å²) in [5, 5.41) is 7.07. The van der Waals surface area contributed by atoms with E-state index in [1.807, 2.05) is 6.07 Å². The van der Waals surface area contributed by atoms with Crippen molar-refractivity contribution in [2.24, 2.45) is 0 Å². The van der Waals surface area contributed by atoms with Crippen LogP contribution in [0.2, 0.25) is 0 Å². The van der Waals surface area contributed by atoms with E-state index in [-0.39, 0.29) is 0 Å². The van der Waals surface area contributed by atoms with Crippen LogP contribution in [0.5, 0.6) is 0 Å². The Morgan fingerprint density at radius 1 is 0.308 bits per heavy atom. The zero-order chi connectivity index (χ0) is 34.4. The Labute approximate surface area is 302 Å². The lowest BCUT2D eigenvalue weighted by Gasteiger charge is -2.26. The molecule has 10 rings (SSSR count). The largest absolute Gasteiger partial charge is 0.455 e. The Balaban J connectivity index is 1.11. The van der Waals surface area contributed by atoms with Crippen molar-refractivity contribution in [3.05, 3.63) is 200 Å². The van der Waals surface area contributed by atoms with Crippen molar-refractivity contribution in [2.75, 3.05) is 4.90 Å². The van der Waals surface area contributed by atoms with Crippen molar-refractivity contribution in [3.63, 3.8) is 0 Å². The highest BCUT2D eigenvalue weighted by molar-refractivity contribution is 6.19. The first-order valence-electron chi connectivity index (χ1n) is 17.8. The minimum absolute atomic E-state index is 0.912. The lowest BCUT2D eigenvalue weighted by atomic mass is 9.95. The number of benzene rings is 9. The minimum atomic E-state index is 0.912. The van der Waals surface area contributed by atoms with Gasteiger partial charge in [0.25, 0.3) is 0 Å². The molecule has 10 aromatic rings. The molecule has 0 bridgehead atoms. The average molecular weight is 664 g/mol. The highest BCUT2D eigenvalue weighted by atomic mass is 16.3. The number of anilines is 3. The van der Waals surface area contributed by atoms with Crippen LogP contribution in [0.15, 0.2) is 205 Å². The molecule has 2 nitrogen and oxygen atoms in total. The Bertz CT molecular complexity index is 2880. The van der Waals surface area contributed by atoms with E-state index in [9.17, 15) is 0 Å². The predicted molar refractivity (Wildman–Crippen MR) is 220 cm³/mol. The fourth-order valence-electron chi connectivity index (χ4n) is 7.75. The second kappa shape index (κ2) is 12.5. The molecule has 0 saturated heterocycles. The molecule has 1 heterocycles. The second-order valence-electron chi connectivity index (χ2n) is 13.3. The molecule has 9 aromatic carbocycles. The first kappa shape index (κ1) is 30.0. The number of furan rings is 1. The van der Waals surface area contributed by atoms with Crippen molar-refractivity contribution >= 4 is 60.5 Å². The Morgan fingerprint density at radius 2 is 0.885 bits per heavy atom. The van der Waals surface area contributed by atoms with Crippen LogP contribution < -0.4 is 4.90 Å². The Hall–Kier alpha value is -6.90. The average Bonchev–Trinajstić information content (AvgIpc) is 3.60. The number of rotatable bonds is 6. The van der Waals surface area contributed by atoms with Gasteiger partial charge in [-0.1, -0.05) is 152 Å². The highest BCUT2D eigenvalue weighted by Crippen LogP contribution is 2.42. The zero-order valence-corrected chi connectivity index (χ0v) is 28.4. The summed E-state index contributed by atoms with van der Waals surface area (Å²) in [6, 6.07) is 71.7. The lowest BCUT2D eigenvalue weighted by molar-refractivity contribution is 0.672.